The lowest BCUT2D eigenvalue weighted by atomic mass is 10.1. The van der Waals surface area contributed by atoms with Gasteiger partial charge in [0.05, 0.1) is 27.1 Å². The third-order valence-corrected chi connectivity index (χ3v) is 6.32. The zero-order valence-electron chi connectivity index (χ0n) is 26.5. The van der Waals surface area contributed by atoms with Crippen LogP contribution in [0.15, 0.2) is 48.5 Å². The molecule has 0 saturated heterocycles. The summed E-state index contributed by atoms with van der Waals surface area (Å²) in [5.41, 5.74) is -1.24. The van der Waals surface area contributed by atoms with E-state index in [4.69, 9.17) is 21.7 Å². The van der Waals surface area contributed by atoms with Crippen LogP contribution in [0.1, 0.15) is 122 Å². The van der Waals surface area contributed by atoms with E-state index in [9.17, 15) is 14.4 Å². The third kappa shape index (κ3) is 12.2. The van der Waals surface area contributed by atoms with Crippen LogP contribution < -0.4 is 9.47 Å². The lowest BCUT2D eigenvalue weighted by Crippen LogP contribution is -2.39. The molecule has 0 saturated carbocycles. The van der Waals surface area contributed by atoms with E-state index in [2.05, 4.69) is 13.8 Å². The van der Waals surface area contributed by atoms with Crippen molar-refractivity contribution in [3.63, 3.8) is 0 Å². The molecule has 0 aliphatic heterocycles. The highest BCUT2D eigenvalue weighted by Gasteiger charge is 2.34. The zero-order chi connectivity index (χ0) is 31.0. The standard InChI is InChI=1S/C33H46O7/c1-5-7-9-11-12-13-15-24-37-28-20-16-26(17-21-28)30(34)39-29-22-18-27(19-23-29)31(35)40-33(3,4)32(36)38-25-14-10-8-6-2/h16-23H,5-15,24-25H2,1-4H3/i20D,21D. The summed E-state index contributed by atoms with van der Waals surface area (Å²) in [7, 11) is 0. The second kappa shape index (κ2) is 18.1. The van der Waals surface area contributed by atoms with E-state index in [1.165, 1.54) is 75.9 Å². The summed E-state index contributed by atoms with van der Waals surface area (Å²) < 4.78 is 38.1. The number of esters is 3. The molecule has 0 atom stereocenters. The summed E-state index contributed by atoms with van der Waals surface area (Å²) in [6.45, 7) is 7.93. The van der Waals surface area contributed by atoms with Crippen LogP contribution in [0.3, 0.4) is 0 Å². The molecule has 0 aliphatic carbocycles. The quantitative estimate of drug-likeness (QED) is 0.0981. The van der Waals surface area contributed by atoms with Crippen LogP contribution in [-0.2, 0) is 14.3 Å². The molecule has 7 nitrogen and oxygen atoms in total. The maximum atomic E-state index is 12.7. The van der Waals surface area contributed by atoms with Crippen molar-refractivity contribution < 1.29 is 36.1 Å². The first kappa shape index (κ1) is 29.6. The Morgan fingerprint density at radius 3 is 1.82 bits per heavy atom. The van der Waals surface area contributed by atoms with Gasteiger partial charge in [-0.25, -0.2) is 14.4 Å². The summed E-state index contributed by atoms with van der Waals surface area (Å²) in [5.74, 6) is -1.77. The van der Waals surface area contributed by atoms with E-state index in [1.807, 2.05) is 0 Å². The van der Waals surface area contributed by atoms with Crippen LogP contribution in [-0.4, -0.2) is 36.7 Å². The minimum Gasteiger partial charge on any atom is -0.494 e. The summed E-state index contributed by atoms with van der Waals surface area (Å²) in [5, 5.41) is 0. The van der Waals surface area contributed by atoms with Gasteiger partial charge in [-0.05, 0) is 75.2 Å². The number of hydrogen-bond acceptors (Lipinski definition) is 7. The molecular formula is C33H46O7. The summed E-state index contributed by atoms with van der Waals surface area (Å²) in [4.78, 5) is 37.7. The van der Waals surface area contributed by atoms with E-state index >= 15 is 0 Å². The number of carbonyl (C=O) groups is 3. The van der Waals surface area contributed by atoms with Gasteiger partial charge in [-0.2, -0.15) is 0 Å². The number of unbranched alkanes of at least 4 members (excludes halogenated alkanes) is 9. The molecule has 2 aromatic carbocycles. The average molecular weight is 557 g/mol. The molecule has 2 aromatic rings. The summed E-state index contributed by atoms with van der Waals surface area (Å²) in [6, 6.07) is 8.21. The molecule has 0 N–H and O–H groups in total. The van der Waals surface area contributed by atoms with E-state index in [0.29, 0.717) is 6.61 Å². The molecule has 7 heteroatoms. The first-order valence-electron chi connectivity index (χ1n) is 15.6. The summed E-state index contributed by atoms with van der Waals surface area (Å²) in [6.07, 6.45) is 11.8. The van der Waals surface area contributed by atoms with Crippen molar-refractivity contribution in [2.24, 2.45) is 0 Å². The molecule has 0 heterocycles. The molecule has 0 bridgehead atoms. The Hall–Kier alpha value is -3.35. The van der Waals surface area contributed by atoms with Crippen molar-refractivity contribution in [3.8, 4) is 11.5 Å². The van der Waals surface area contributed by atoms with Crippen molar-refractivity contribution in [1.82, 2.24) is 0 Å². The van der Waals surface area contributed by atoms with Crippen LogP contribution in [0, 0.1) is 0 Å². The van der Waals surface area contributed by atoms with Gasteiger partial charge in [0.25, 0.3) is 0 Å². The van der Waals surface area contributed by atoms with Gasteiger partial charge in [0.1, 0.15) is 11.5 Å². The molecular weight excluding hydrogens is 508 g/mol. The van der Waals surface area contributed by atoms with Crippen molar-refractivity contribution in [2.45, 2.75) is 104 Å². The number of carbonyl (C=O) groups excluding carboxylic acids is 3. The fourth-order valence-corrected chi connectivity index (χ4v) is 3.83. The Labute approximate surface area is 242 Å². The van der Waals surface area contributed by atoms with Gasteiger partial charge in [-0.3, -0.25) is 0 Å². The largest absolute Gasteiger partial charge is 0.494 e. The fraction of sp³-hybridized carbons (Fsp3) is 0.545. The highest BCUT2D eigenvalue weighted by atomic mass is 16.6. The fourth-order valence-electron chi connectivity index (χ4n) is 3.83. The van der Waals surface area contributed by atoms with Crippen molar-refractivity contribution >= 4 is 17.9 Å². The van der Waals surface area contributed by atoms with Crippen LogP contribution in [0.2, 0.25) is 0 Å². The van der Waals surface area contributed by atoms with Gasteiger partial charge in [-0.15, -0.1) is 0 Å². The van der Waals surface area contributed by atoms with Gasteiger partial charge in [0, 0.05) is 0 Å². The Morgan fingerprint density at radius 2 is 1.20 bits per heavy atom. The normalized spacial score (nSPS) is 11.8. The lowest BCUT2D eigenvalue weighted by molar-refractivity contribution is -0.162. The first-order valence-corrected chi connectivity index (χ1v) is 14.6. The van der Waals surface area contributed by atoms with Crippen molar-refractivity contribution in [2.75, 3.05) is 13.2 Å². The first-order chi connectivity index (χ1) is 20.1. The monoisotopic (exact) mass is 556 g/mol. The highest BCUT2D eigenvalue weighted by molar-refractivity contribution is 5.93. The average Bonchev–Trinajstić information content (AvgIpc) is 2.95. The SMILES string of the molecule is [2H]c1cc(C(=O)Oc2ccc(C(=O)OC(C)(C)C(=O)OCCCCCC)cc2)cc([2H])c1OCCCCCCCCC. The Morgan fingerprint density at radius 1 is 0.675 bits per heavy atom. The Bertz CT molecular complexity index is 1120. The molecule has 0 aromatic heterocycles. The van der Waals surface area contributed by atoms with Crippen LogP contribution in [0.5, 0.6) is 11.5 Å². The lowest BCUT2D eigenvalue weighted by Gasteiger charge is -2.23. The molecule has 0 spiro atoms. The number of ether oxygens (including phenoxy) is 4. The minimum atomic E-state index is -1.46. The molecule has 0 amide bonds. The van der Waals surface area contributed by atoms with Crippen LogP contribution in [0.25, 0.3) is 0 Å². The molecule has 0 fully saturated rings. The van der Waals surface area contributed by atoms with E-state index in [-0.39, 0.29) is 41.3 Å². The van der Waals surface area contributed by atoms with E-state index < -0.39 is 23.5 Å². The highest BCUT2D eigenvalue weighted by Crippen LogP contribution is 2.20. The third-order valence-electron chi connectivity index (χ3n) is 6.32. The molecule has 0 unspecified atom stereocenters. The minimum absolute atomic E-state index is 0.0479. The van der Waals surface area contributed by atoms with Gasteiger partial charge in [0.2, 0.25) is 5.60 Å². The second-order valence-corrected chi connectivity index (χ2v) is 10.3. The molecule has 2 rings (SSSR count). The second-order valence-electron chi connectivity index (χ2n) is 10.3. The number of hydrogen-bond donors (Lipinski definition) is 0. The predicted octanol–water partition coefficient (Wildman–Crippen LogP) is 8.09. The van der Waals surface area contributed by atoms with Gasteiger partial charge in [0.15, 0.2) is 0 Å². The van der Waals surface area contributed by atoms with Gasteiger partial charge >= 0.3 is 17.9 Å². The topological polar surface area (TPSA) is 88.1 Å². The van der Waals surface area contributed by atoms with Crippen LogP contribution >= 0.6 is 0 Å². The predicted molar refractivity (Wildman–Crippen MR) is 156 cm³/mol. The Balaban J connectivity index is 1.87. The summed E-state index contributed by atoms with van der Waals surface area (Å²) >= 11 is 0. The number of benzene rings is 2. The molecule has 0 aliphatic rings. The van der Waals surface area contributed by atoms with Crippen molar-refractivity contribution in [3.05, 3.63) is 59.6 Å². The smallest absolute Gasteiger partial charge is 0.350 e. The number of rotatable bonds is 19. The zero-order valence-corrected chi connectivity index (χ0v) is 24.5. The maximum absolute atomic E-state index is 12.7. The Kier molecular flexibility index (Phi) is 13.4. The van der Waals surface area contributed by atoms with Gasteiger partial charge in [-0.1, -0.05) is 71.6 Å². The molecule has 220 valence electrons. The molecule has 0 radical (unpaired) electrons. The van der Waals surface area contributed by atoms with Crippen molar-refractivity contribution in [1.29, 1.82) is 0 Å². The van der Waals surface area contributed by atoms with Gasteiger partial charge < -0.3 is 18.9 Å². The maximum Gasteiger partial charge on any atom is 0.350 e. The van der Waals surface area contributed by atoms with E-state index in [1.54, 1.807) is 0 Å². The molecule has 40 heavy (non-hydrogen) atoms. The van der Waals surface area contributed by atoms with E-state index in [0.717, 1.165) is 44.9 Å². The van der Waals surface area contributed by atoms with Crippen LogP contribution in [0.4, 0.5) is 0 Å².